The molecule has 2 rings (SSSR count). The van der Waals surface area contributed by atoms with E-state index in [1.807, 2.05) is 0 Å². The number of nitro benzene ring substituents is 2. The summed E-state index contributed by atoms with van der Waals surface area (Å²) in [4.78, 5) is 20.3. The second kappa shape index (κ2) is 7.93. The zero-order valence-electron chi connectivity index (χ0n) is 14.5. The molecule has 0 aliphatic heterocycles. The van der Waals surface area contributed by atoms with Crippen LogP contribution >= 0.6 is 0 Å². The molecule has 2 aromatic rings. The van der Waals surface area contributed by atoms with Gasteiger partial charge < -0.3 is 4.90 Å². The fourth-order valence-corrected chi connectivity index (χ4v) is 2.64. The van der Waals surface area contributed by atoms with Gasteiger partial charge in [0.1, 0.15) is 5.69 Å². The quantitative estimate of drug-likeness (QED) is 0.265. The lowest BCUT2D eigenvalue weighted by atomic mass is 10.1. The number of benzene rings is 2. The second-order valence-corrected chi connectivity index (χ2v) is 5.75. The minimum atomic E-state index is -5.28. The van der Waals surface area contributed by atoms with Crippen molar-refractivity contribution in [1.82, 2.24) is 0 Å². The highest BCUT2D eigenvalue weighted by Gasteiger charge is 2.41. The summed E-state index contributed by atoms with van der Waals surface area (Å²) in [5, 5.41) is 22.3. The van der Waals surface area contributed by atoms with Crippen LogP contribution in [-0.2, 0) is 6.18 Å². The molecule has 2 aromatic carbocycles. The lowest BCUT2D eigenvalue weighted by molar-refractivity contribution is -0.394. The van der Waals surface area contributed by atoms with Crippen LogP contribution in [0.25, 0.3) is 0 Å². The van der Waals surface area contributed by atoms with Gasteiger partial charge in [0, 0.05) is 30.4 Å². The zero-order valence-corrected chi connectivity index (χ0v) is 14.5. The predicted octanol–water partition coefficient (Wildman–Crippen LogP) is 5.49. The summed E-state index contributed by atoms with van der Waals surface area (Å²) in [5.41, 5.74) is -6.03. The van der Waals surface area contributed by atoms with Crippen LogP contribution in [0.4, 0.5) is 49.1 Å². The maximum Gasteiger partial charge on any atom is 0.418 e. The summed E-state index contributed by atoms with van der Waals surface area (Å²) in [6, 6.07) is 1.14. The number of alkyl halides is 3. The molecule has 0 unspecified atom stereocenters. The normalized spacial score (nSPS) is 11.4. The number of hydrogen-bond acceptors (Lipinski definition) is 5. The third kappa shape index (κ3) is 4.38. The summed E-state index contributed by atoms with van der Waals surface area (Å²) in [5.74, 6) is -5.32. The van der Waals surface area contributed by atoms with Crippen LogP contribution in [0, 0.1) is 37.7 Å². The highest BCUT2D eigenvalue weighted by atomic mass is 19.4. The van der Waals surface area contributed by atoms with Gasteiger partial charge in [0.15, 0.2) is 17.5 Å². The van der Waals surface area contributed by atoms with E-state index in [1.54, 1.807) is 0 Å². The number of anilines is 2. The fourth-order valence-electron chi connectivity index (χ4n) is 2.64. The molecule has 0 saturated carbocycles. The first-order chi connectivity index (χ1) is 13.4. The van der Waals surface area contributed by atoms with E-state index in [9.17, 15) is 46.6 Å². The first-order valence-electron chi connectivity index (χ1n) is 7.84. The van der Waals surface area contributed by atoms with E-state index in [4.69, 9.17) is 0 Å². The topological polar surface area (TPSA) is 89.5 Å². The largest absolute Gasteiger partial charge is 0.418 e. The van der Waals surface area contributed by atoms with Crippen LogP contribution in [0.2, 0.25) is 0 Å². The maximum atomic E-state index is 13.6. The minimum Gasteiger partial charge on any atom is -0.335 e. The van der Waals surface area contributed by atoms with Crippen LogP contribution in [0.5, 0.6) is 0 Å². The third-order valence-corrected chi connectivity index (χ3v) is 3.78. The van der Waals surface area contributed by atoms with Gasteiger partial charge in [-0.25, -0.2) is 13.2 Å². The highest BCUT2D eigenvalue weighted by molar-refractivity contribution is 5.78. The molecule has 0 spiro atoms. The monoisotopic (exact) mass is 423 g/mol. The summed E-state index contributed by atoms with van der Waals surface area (Å²) < 4.78 is 81.3. The van der Waals surface area contributed by atoms with Gasteiger partial charge in [0.05, 0.1) is 21.5 Å². The molecule has 29 heavy (non-hydrogen) atoms. The van der Waals surface area contributed by atoms with E-state index in [-0.39, 0.29) is 12.5 Å². The number of nitro groups is 2. The standard InChI is InChI=1S/C16H11F6N3O4/c1-2-3-23(8-5-11(17)14(19)12(18)6-8)15-10(16(20,21)22)4-9(24(26)27)7-13(15)25(28)29/h4-7H,2-3H2,1H3. The smallest absolute Gasteiger partial charge is 0.335 e. The molecule has 0 radical (unpaired) electrons. The van der Waals surface area contributed by atoms with E-state index in [0.717, 1.165) is 0 Å². The number of nitrogens with zero attached hydrogens (tertiary/aromatic N) is 3. The molecule has 0 fully saturated rings. The molecule has 13 heteroatoms. The number of non-ortho nitro benzene ring substituents is 1. The molecular formula is C16H11F6N3O4. The van der Waals surface area contributed by atoms with Crippen molar-refractivity contribution in [2.75, 3.05) is 11.4 Å². The summed E-state index contributed by atoms with van der Waals surface area (Å²) >= 11 is 0. The van der Waals surface area contributed by atoms with Gasteiger partial charge in [0.25, 0.3) is 11.4 Å². The number of rotatable bonds is 6. The Morgan fingerprint density at radius 2 is 1.52 bits per heavy atom. The first-order valence-corrected chi connectivity index (χ1v) is 7.84. The van der Waals surface area contributed by atoms with Gasteiger partial charge in [-0.2, -0.15) is 13.2 Å². The van der Waals surface area contributed by atoms with Crippen molar-refractivity contribution in [2.45, 2.75) is 19.5 Å². The summed E-state index contributed by atoms with van der Waals surface area (Å²) in [7, 11) is 0. The van der Waals surface area contributed by atoms with Gasteiger partial charge in [-0.1, -0.05) is 6.92 Å². The fraction of sp³-hybridized carbons (Fsp3) is 0.250. The Kier molecular flexibility index (Phi) is 5.99. The summed E-state index contributed by atoms with van der Waals surface area (Å²) in [6.07, 6.45) is -5.22. The number of halogens is 6. The van der Waals surface area contributed by atoms with Crippen molar-refractivity contribution < 1.29 is 36.2 Å². The molecule has 0 aliphatic rings. The highest BCUT2D eigenvalue weighted by Crippen LogP contribution is 2.46. The molecule has 7 nitrogen and oxygen atoms in total. The number of hydrogen-bond donors (Lipinski definition) is 0. The maximum absolute atomic E-state index is 13.6. The Balaban J connectivity index is 2.93. The van der Waals surface area contributed by atoms with E-state index in [2.05, 4.69) is 0 Å². The Bertz CT molecular complexity index is 957. The predicted molar refractivity (Wildman–Crippen MR) is 88.4 cm³/mol. The van der Waals surface area contributed by atoms with Crippen LogP contribution in [0.3, 0.4) is 0 Å². The SMILES string of the molecule is CCCN(c1cc(F)c(F)c(F)c1)c1c([N+](=O)[O-])cc([N+](=O)[O-])cc1C(F)(F)F. The second-order valence-electron chi connectivity index (χ2n) is 5.75. The molecule has 0 bridgehead atoms. The van der Waals surface area contributed by atoms with Crippen LogP contribution in [-0.4, -0.2) is 16.4 Å². The van der Waals surface area contributed by atoms with E-state index in [1.165, 1.54) is 6.92 Å². The Labute approximate surface area is 158 Å². The Morgan fingerprint density at radius 3 is 1.93 bits per heavy atom. The molecule has 0 amide bonds. The molecule has 156 valence electrons. The van der Waals surface area contributed by atoms with Crippen molar-refractivity contribution in [3.63, 3.8) is 0 Å². The molecule has 0 atom stereocenters. The van der Waals surface area contributed by atoms with Gasteiger partial charge in [-0.3, -0.25) is 20.2 Å². The van der Waals surface area contributed by atoms with Crippen LogP contribution in [0.15, 0.2) is 24.3 Å². The van der Waals surface area contributed by atoms with Crippen molar-refractivity contribution in [2.24, 2.45) is 0 Å². The van der Waals surface area contributed by atoms with Crippen molar-refractivity contribution in [1.29, 1.82) is 0 Å². The molecule has 0 aliphatic carbocycles. The average molecular weight is 423 g/mol. The van der Waals surface area contributed by atoms with Gasteiger partial charge in [0.2, 0.25) is 0 Å². The minimum absolute atomic E-state index is 0.0616. The Morgan fingerprint density at radius 1 is 0.966 bits per heavy atom. The summed E-state index contributed by atoms with van der Waals surface area (Å²) in [6.45, 7) is 1.07. The average Bonchev–Trinajstić information content (AvgIpc) is 2.61. The lowest BCUT2D eigenvalue weighted by Gasteiger charge is -2.27. The molecule has 0 saturated heterocycles. The third-order valence-electron chi connectivity index (χ3n) is 3.78. The van der Waals surface area contributed by atoms with Crippen molar-refractivity contribution in [3.8, 4) is 0 Å². The molecule has 0 N–H and O–H groups in total. The van der Waals surface area contributed by atoms with Crippen molar-refractivity contribution in [3.05, 3.63) is 67.5 Å². The van der Waals surface area contributed by atoms with Crippen LogP contribution in [0.1, 0.15) is 18.9 Å². The van der Waals surface area contributed by atoms with Gasteiger partial charge in [-0.05, 0) is 6.42 Å². The van der Waals surface area contributed by atoms with E-state index < -0.39 is 68.3 Å². The first kappa shape index (κ1) is 21.9. The Hall–Kier alpha value is -3.38. The van der Waals surface area contributed by atoms with E-state index in [0.29, 0.717) is 23.1 Å². The van der Waals surface area contributed by atoms with E-state index >= 15 is 0 Å². The zero-order chi connectivity index (χ0) is 22.1. The van der Waals surface area contributed by atoms with Crippen molar-refractivity contribution >= 4 is 22.7 Å². The van der Waals surface area contributed by atoms with Gasteiger partial charge in [-0.15, -0.1) is 0 Å². The molecule has 0 heterocycles. The van der Waals surface area contributed by atoms with Crippen LogP contribution < -0.4 is 4.90 Å². The van der Waals surface area contributed by atoms with Gasteiger partial charge >= 0.3 is 6.18 Å². The molecule has 0 aromatic heterocycles. The molecular weight excluding hydrogens is 412 g/mol. The lowest BCUT2D eigenvalue weighted by Crippen LogP contribution is -2.24.